The van der Waals surface area contributed by atoms with Gasteiger partial charge in [0.15, 0.2) is 5.96 Å². The third-order valence-electron chi connectivity index (χ3n) is 5.12. The zero-order valence-electron chi connectivity index (χ0n) is 20.0. The Bertz CT molecular complexity index is 629. The molecular weight excluding hydrogens is 521 g/mol. The lowest BCUT2D eigenvalue weighted by Crippen LogP contribution is -2.41. The molecule has 1 aromatic carbocycles. The molecule has 1 saturated heterocycles. The van der Waals surface area contributed by atoms with E-state index in [4.69, 9.17) is 19.2 Å². The summed E-state index contributed by atoms with van der Waals surface area (Å²) >= 11 is 0. The van der Waals surface area contributed by atoms with E-state index in [0.29, 0.717) is 13.2 Å². The monoisotopic (exact) mass is 563 g/mol. The Morgan fingerprint density at radius 2 is 2.00 bits per heavy atom. The van der Waals surface area contributed by atoms with Crippen LogP contribution >= 0.6 is 24.0 Å². The van der Waals surface area contributed by atoms with Crippen molar-refractivity contribution in [3.8, 4) is 5.75 Å². The number of halogens is 1. The highest BCUT2D eigenvalue weighted by molar-refractivity contribution is 14.0. The molecule has 0 saturated carbocycles. The minimum absolute atomic E-state index is 0. The van der Waals surface area contributed by atoms with Gasteiger partial charge in [0.1, 0.15) is 12.4 Å². The minimum atomic E-state index is 0. The SMILES string of the molecule is CCNC(=NCc1cccc(OCCN2CCOCC2)c1)NCCN(C)CCCOC.I. The number of likely N-dealkylation sites (N-methyl/N-ethyl adjacent to an activating group) is 1. The Morgan fingerprint density at radius 1 is 1.19 bits per heavy atom. The Kier molecular flexibility index (Phi) is 16.5. The van der Waals surface area contributed by atoms with Crippen LogP contribution in [0.15, 0.2) is 29.3 Å². The van der Waals surface area contributed by atoms with Crippen LogP contribution in [0, 0.1) is 0 Å². The molecular formula is C23H42IN5O3. The van der Waals surface area contributed by atoms with Crippen molar-refractivity contribution < 1.29 is 14.2 Å². The lowest BCUT2D eigenvalue weighted by atomic mass is 10.2. The van der Waals surface area contributed by atoms with Crippen molar-refractivity contribution in [3.05, 3.63) is 29.8 Å². The van der Waals surface area contributed by atoms with Crippen LogP contribution in [0.1, 0.15) is 18.9 Å². The number of methoxy groups -OCH3 is 1. The van der Waals surface area contributed by atoms with Gasteiger partial charge in [-0.25, -0.2) is 4.99 Å². The lowest BCUT2D eigenvalue weighted by Gasteiger charge is -2.26. The highest BCUT2D eigenvalue weighted by atomic mass is 127. The van der Waals surface area contributed by atoms with Gasteiger partial charge in [0.2, 0.25) is 0 Å². The molecule has 0 aromatic heterocycles. The van der Waals surface area contributed by atoms with Crippen molar-refractivity contribution >= 4 is 29.9 Å². The summed E-state index contributed by atoms with van der Waals surface area (Å²) in [6.45, 7) is 12.4. The van der Waals surface area contributed by atoms with E-state index in [9.17, 15) is 0 Å². The number of nitrogens with one attached hydrogen (secondary N) is 2. The van der Waals surface area contributed by atoms with Crippen LogP contribution in [0.2, 0.25) is 0 Å². The predicted octanol–water partition coefficient (Wildman–Crippen LogP) is 2.04. The number of hydrogen-bond donors (Lipinski definition) is 2. The van der Waals surface area contributed by atoms with Gasteiger partial charge in [-0.2, -0.15) is 0 Å². The first-order valence-corrected chi connectivity index (χ1v) is 11.4. The molecule has 0 unspecified atom stereocenters. The first-order chi connectivity index (χ1) is 15.2. The molecule has 2 N–H and O–H groups in total. The van der Waals surface area contributed by atoms with E-state index >= 15 is 0 Å². The predicted molar refractivity (Wildman–Crippen MR) is 141 cm³/mol. The van der Waals surface area contributed by atoms with E-state index in [0.717, 1.165) is 89.3 Å². The summed E-state index contributed by atoms with van der Waals surface area (Å²) in [7, 11) is 3.87. The van der Waals surface area contributed by atoms with Gasteiger partial charge in [-0.3, -0.25) is 4.90 Å². The van der Waals surface area contributed by atoms with E-state index < -0.39 is 0 Å². The standard InChI is InChI=1S/C23H41N5O3.HI/c1-4-24-23(25-9-11-27(2)10-6-15-29-3)26-20-21-7-5-8-22(19-21)31-18-14-28-12-16-30-17-13-28;/h5,7-8,19H,4,6,9-18,20H2,1-3H3,(H2,24,25,26);1H. The van der Waals surface area contributed by atoms with Crippen LogP contribution in [0.25, 0.3) is 0 Å². The third kappa shape index (κ3) is 12.8. The molecule has 1 aliphatic heterocycles. The number of rotatable bonds is 14. The van der Waals surface area contributed by atoms with E-state index in [1.807, 2.05) is 12.1 Å². The zero-order chi connectivity index (χ0) is 22.2. The average Bonchev–Trinajstić information content (AvgIpc) is 2.79. The Hall–Kier alpha value is -1.14. The second kappa shape index (κ2) is 18.3. The molecule has 0 bridgehead atoms. The minimum Gasteiger partial charge on any atom is -0.492 e. The molecule has 1 heterocycles. The number of morpholine rings is 1. The van der Waals surface area contributed by atoms with Crippen molar-refractivity contribution in [2.45, 2.75) is 19.9 Å². The fraction of sp³-hybridized carbons (Fsp3) is 0.696. The number of benzene rings is 1. The average molecular weight is 564 g/mol. The van der Waals surface area contributed by atoms with Crippen LogP contribution in [0.3, 0.4) is 0 Å². The summed E-state index contributed by atoms with van der Waals surface area (Å²) in [6, 6.07) is 8.21. The lowest BCUT2D eigenvalue weighted by molar-refractivity contribution is 0.0322. The van der Waals surface area contributed by atoms with Crippen molar-refractivity contribution in [1.29, 1.82) is 0 Å². The number of nitrogens with zero attached hydrogens (tertiary/aromatic N) is 3. The molecule has 2 rings (SSSR count). The number of guanidine groups is 1. The van der Waals surface area contributed by atoms with Gasteiger partial charge in [-0.1, -0.05) is 12.1 Å². The molecule has 1 aliphatic rings. The van der Waals surface area contributed by atoms with Crippen LogP contribution in [0.5, 0.6) is 5.75 Å². The quantitative estimate of drug-likeness (QED) is 0.156. The normalized spacial score (nSPS) is 14.8. The molecule has 0 amide bonds. The van der Waals surface area contributed by atoms with Crippen molar-refractivity contribution in [2.75, 3.05) is 86.4 Å². The Morgan fingerprint density at radius 3 is 2.75 bits per heavy atom. The first kappa shape index (κ1) is 28.9. The molecule has 0 spiro atoms. The van der Waals surface area contributed by atoms with Crippen molar-refractivity contribution in [3.63, 3.8) is 0 Å². The van der Waals surface area contributed by atoms with Crippen LogP contribution in [0.4, 0.5) is 0 Å². The smallest absolute Gasteiger partial charge is 0.191 e. The fourth-order valence-corrected chi connectivity index (χ4v) is 3.32. The summed E-state index contributed by atoms with van der Waals surface area (Å²) in [4.78, 5) is 9.40. The van der Waals surface area contributed by atoms with E-state index in [-0.39, 0.29) is 24.0 Å². The van der Waals surface area contributed by atoms with Gasteiger partial charge in [-0.15, -0.1) is 24.0 Å². The molecule has 1 fully saturated rings. The topological polar surface area (TPSA) is 70.6 Å². The third-order valence-corrected chi connectivity index (χ3v) is 5.12. The summed E-state index contributed by atoms with van der Waals surface area (Å²) in [5.41, 5.74) is 1.14. The number of ether oxygens (including phenoxy) is 3. The molecule has 0 aliphatic carbocycles. The fourth-order valence-electron chi connectivity index (χ4n) is 3.32. The summed E-state index contributed by atoms with van der Waals surface area (Å²) < 4.78 is 16.5. The summed E-state index contributed by atoms with van der Waals surface area (Å²) in [5.74, 6) is 1.74. The largest absolute Gasteiger partial charge is 0.492 e. The van der Waals surface area contributed by atoms with Crippen LogP contribution in [-0.4, -0.2) is 102 Å². The maximum atomic E-state index is 5.96. The van der Waals surface area contributed by atoms with E-state index in [2.05, 4.69) is 46.5 Å². The summed E-state index contributed by atoms with van der Waals surface area (Å²) in [6.07, 6.45) is 1.05. The van der Waals surface area contributed by atoms with Crippen LogP contribution < -0.4 is 15.4 Å². The van der Waals surface area contributed by atoms with Crippen molar-refractivity contribution in [2.24, 2.45) is 4.99 Å². The molecule has 0 radical (unpaired) electrons. The Labute approximate surface area is 211 Å². The summed E-state index contributed by atoms with van der Waals surface area (Å²) in [5, 5.41) is 6.73. The highest BCUT2D eigenvalue weighted by Crippen LogP contribution is 2.14. The molecule has 32 heavy (non-hydrogen) atoms. The number of hydrogen-bond acceptors (Lipinski definition) is 6. The molecule has 184 valence electrons. The zero-order valence-corrected chi connectivity index (χ0v) is 22.3. The van der Waals surface area contributed by atoms with E-state index in [1.165, 1.54) is 0 Å². The maximum Gasteiger partial charge on any atom is 0.191 e. The molecule has 8 nitrogen and oxygen atoms in total. The second-order valence-electron chi connectivity index (χ2n) is 7.72. The van der Waals surface area contributed by atoms with E-state index in [1.54, 1.807) is 7.11 Å². The molecule has 9 heteroatoms. The van der Waals surface area contributed by atoms with Crippen LogP contribution in [-0.2, 0) is 16.0 Å². The van der Waals surface area contributed by atoms with Crippen molar-refractivity contribution in [1.82, 2.24) is 20.4 Å². The maximum absolute atomic E-state index is 5.96. The van der Waals surface area contributed by atoms with Gasteiger partial charge in [0, 0.05) is 59.5 Å². The highest BCUT2D eigenvalue weighted by Gasteiger charge is 2.09. The van der Waals surface area contributed by atoms with Gasteiger partial charge in [0.05, 0.1) is 19.8 Å². The Balaban J connectivity index is 0.00000512. The van der Waals surface area contributed by atoms with Gasteiger partial charge in [-0.05, 0) is 38.1 Å². The molecule has 1 aromatic rings. The molecule has 0 atom stereocenters. The number of aliphatic imine (C=N–C) groups is 1. The second-order valence-corrected chi connectivity index (χ2v) is 7.72. The van der Waals surface area contributed by atoms with Gasteiger partial charge < -0.3 is 29.7 Å². The van der Waals surface area contributed by atoms with Gasteiger partial charge in [0.25, 0.3) is 0 Å². The first-order valence-electron chi connectivity index (χ1n) is 11.4. The van der Waals surface area contributed by atoms with Gasteiger partial charge >= 0.3 is 0 Å².